The molecule has 0 atom stereocenters. The van der Waals surface area contributed by atoms with Gasteiger partial charge in [0.2, 0.25) is 0 Å². The van der Waals surface area contributed by atoms with E-state index in [4.69, 9.17) is 0 Å². The molecule has 0 fully saturated rings. The molecular weight excluding hydrogens is 246 g/mol. The van der Waals surface area contributed by atoms with E-state index in [2.05, 4.69) is 67.1 Å². The fraction of sp³-hybridized carbons (Fsp3) is 0.235. The van der Waals surface area contributed by atoms with E-state index in [1.165, 1.54) is 17.2 Å². The molecule has 0 spiro atoms. The third kappa shape index (κ3) is 4.84. The summed E-state index contributed by atoms with van der Waals surface area (Å²) in [6.45, 7) is 7.22. The van der Waals surface area contributed by atoms with Crippen LogP contribution in [-0.4, -0.2) is 13.1 Å². The highest BCUT2D eigenvalue weighted by Crippen LogP contribution is 2.14. The van der Waals surface area contributed by atoms with Gasteiger partial charge in [-0.1, -0.05) is 67.7 Å². The molecule has 0 unspecified atom stereocenters. The van der Waals surface area contributed by atoms with Crippen molar-refractivity contribution in [2.45, 2.75) is 25.7 Å². The molecule has 1 aromatic heterocycles. The van der Waals surface area contributed by atoms with Crippen LogP contribution in [0.1, 0.15) is 16.7 Å². The molecule has 0 bridgehead atoms. The SMILES string of the molecule is C[Si](C)(C)Cc1ccc(/C=C\c2cccnc2)cc1. The zero-order valence-electron chi connectivity index (χ0n) is 11.9. The van der Waals surface area contributed by atoms with Gasteiger partial charge in [0.05, 0.1) is 0 Å². The molecule has 1 nitrogen and oxygen atoms in total. The van der Waals surface area contributed by atoms with Crippen molar-refractivity contribution in [3.8, 4) is 0 Å². The summed E-state index contributed by atoms with van der Waals surface area (Å²) in [6.07, 6.45) is 7.90. The van der Waals surface area contributed by atoms with Crippen LogP contribution in [0.2, 0.25) is 19.6 Å². The molecule has 19 heavy (non-hydrogen) atoms. The fourth-order valence-electron chi connectivity index (χ4n) is 2.03. The summed E-state index contributed by atoms with van der Waals surface area (Å²) in [5.74, 6) is 0. The van der Waals surface area contributed by atoms with E-state index in [0.29, 0.717) is 0 Å². The second kappa shape index (κ2) is 5.98. The van der Waals surface area contributed by atoms with Crippen molar-refractivity contribution in [3.63, 3.8) is 0 Å². The first-order valence-corrected chi connectivity index (χ1v) is 10.4. The molecule has 0 aliphatic heterocycles. The molecule has 0 aliphatic carbocycles. The van der Waals surface area contributed by atoms with Crippen molar-refractivity contribution in [2.75, 3.05) is 0 Å². The number of pyridine rings is 1. The van der Waals surface area contributed by atoms with Crippen LogP contribution in [0, 0.1) is 0 Å². The third-order valence-electron chi connectivity index (χ3n) is 2.87. The van der Waals surface area contributed by atoms with Gasteiger partial charge < -0.3 is 0 Å². The number of hydrogen-bond donors (Lipinski definition) is 0. The third-order valence-corrected chi connectivity index (χ3v) is 4.34. The van der Waals surface area contributed by atoms with Crippen molar-refractivity contribution in [1.82, 2.24) is 4.98 Å². The Hall–Kier alpha value is -1.67. The summed E-state index contributed by atoms with van der Waals surface area (Å²) in [7, 11) is -1.01. The molecule has 1 aromatic carbocycles. The van der Waals surface area contributed by atoms with Gasteiger partial charge in [-0.05, 0) is 23.2 Å². The van der Waals surface area contributed by atoms with E-state index in [1.807, 2.05) is 12.3 Å². The second-order valence-electron chi connectivity index (χ2n) is 6.10. The molecular formula is C17H21NSi. The molecule has 0 N–H and O–H groups in total. The number of aromatic nitrogens is 1. The van der Waals surface area contributed by atoms with Gasteiger partial charge in [0.1, 0.15) is 0 Å². The fourth-order valence-corrected chi connectivity index (χ4v) is 3.49. The normalized spacial score (nSPS) is 11.9. The number of rotatable bonds is 4. The molecule has 0 saturated carbocycles. The summed E-state index contributed by atoms with van der Waals surface area (Å²) < 4.78 is 0. The molecule has 1 heterocycles. The van der Waals surface area contributed by atoms with Crippen LogP contribution in [0.4, 0.5) is 0 Å². The largest absolute Gasteiger partial charge is 0.264 e. The zero-order chi connectivity index (χ0) is 13.7. The van der Waals surface area contributed by atoms with Crippen molar-refractivity contribution < 1.29 is 0 Å². The average molecular weight is 267 g/mol. The van der Waals surface area contributed by atoms with Crippen LogP contribution < -0.4 is 0 Å². The van der Waals surface area contributed by atoms with E-state index < -0.39 is 8.07 Å². The lowest BCUT2D eigenvalue weighted by molar-refractivity contribution is 1.31. The van der Waals surface area contributed by atoms with Gasteiger partial charge in [-0.3, -0.25) is 4.98 Å². The summed E-state index contributed by atoms with van der Waals surface area (Å²) in [5, 5.41) is 0. The Labute approximate surface area is 117 Å². The van der Waals surface area contributed by atoms with Crippen LogP contribution in [0.5, 0.6) is 0 Å². The zero-order valence-corrected chi connectivity index (χ0v) is 12.9. The lowest BCUT2D eigenvalue weighted by Gasteiger charge is -2.15. The lowest BCUT2D eigenvalue weighted by Crippen LogP contribution is -2.23. The minimum absolute atomic E-state index is 1.01. The Kier molecular flexibility index (Phi) is 4.33. The molecule has 0 saturated heterocycles. The highest BCUT2D eigenvalue weighted by molar-refractivity contribution is 6.75. The molecule has 98 valence electrons. The van der Waals surface area contributed by atoms with Gasteiger partial charge in [0.25, 0.3) is 0 Å². The predicted molar refractivity (Wildman–Crippen MR) is 86.7 cm³/mol. The minimum atomic E-state index is -1.01. The van der Waals surface area contributed by atoms with Crippen LogP contribution >= 0.6 is 0 Å². The Morgan fingerprint density at radius 3 is 2.21 bits per heavy atom. The van der Waals surface area contributed by atoms with Crippen molar-refractivity contribution >= 4 is 20.2 Å². The van der Waals surface area contributed by atoms with E-state index >= 15 is 0 Å². The van der Waals surface area contributed by atoms with Crippen LogP contribution in [-0.2, 0) is 6.04 Å². The maximum atomic E-state index is 4.10. The molecule has 2 heteroatoms. The smallest absolute Gasteiger partial charge is 0.0487 e. The molecule has 0 amide bonds. The first-order chi connectivity index (χ1) is 9.03. The summed E-state index contributed by atoms with van der Waals surface area (Å²) in [4.78, 5) is 4.10. The second-order valence-corrected chi connectivity index (χ2v) is 11.6. The number of hydrogen-bond acceptors (Lipinski definition) is 1. The molecule has 0 aliphatic rings. The Morgan fingerprint density at radius 1 is 0.947 bits per heavy atom. The van der Waals surface area contributed by atoms with Crippen LogP contribution in [0.15, 0.2) is 48.8 Å². The lowest BCUT2D eigenvalue weighted by atomic mass is 10.1. The van der Waals surface area contributed by atoms with Crippen molar-refractivity contribution in [1.29, 1.82) is 0 Å². The van der Waals surface area contributed by atoms with Gasteiger partial charge in [-0.15, -0.1) is 0 Å². The first-order valence-electron chi connectivity index (χ1n) is 6.70. The summed E-state index contributed by atoms with van der Waals surface area (Å²) >= 11 is 0. The quantitative estimate of drug-likeness (QED) is 0.733. The maximum absolute atomic E-state index is 4.10. The van der Waals surface area contributed by atoms with E-state index in [0.717, 1.165) is 5.56 Å². The molecule has 0 radical (unpaired) electrons. The number of benzene rings is 1. The monoisotopic (exact) mass is 267 g/mol. The Morgan fingerprint density at radius 2 is 1.63 bits per heavy atom. The van der Waals surface area contributed by atoms with E-state index in [1.54, 1.807) is 6.20 Å². The predicted octanol–water partition coefficient (Wildman–Crippen LogP) is 4.67. The Bertz CT molecular complexity index is 536. The summed E-state index contributed by atoms with van der Waals surface area (Å²) in [5.41, 5.74) is 3.83. The molecule has 2 aromatic rings. The van der Waals surface area contributed by atoms with Gasteiger partial charge in [0.15, 0.2) is 0 Å². The minimum Gasteiger partial charge on any atom is -0.264 e. The van der Waals surface area contributed by atoms with E-state index in [-0.39, 0.29) is 0 Å². The van der Waals surface area contributed by atoms with Crippen molar-refractivity contribution in [2.24, 2.45) is 0 Å². The van der Waals surface area contributed by atoms with Gasteiger partial charge in [-0.2, -0.15) is 0 Å². The van der Waals surface area contributed by atoms with Crippen molar-refractivity contribution in [3.05, 3.63) is 65.5 Å². The van der Waals surface area contributed by atoms with Gasteiger partial charge in [-0.25, -0.2) is 0 Å². The van der Waals surface area contributed by atoms with Gasteiger partial charge >= 0.3 is 0 Å². The first kappa shape index (κ1) is 13.8. The summed E-state index contributed by atoms with van der Waals surface area (Å²) in [6, 6.07) is 14.2. The Balaban J connectivity index is 2.05. The topological polar surface area (TPSA) is 12.9 Å². The van der Waals surface area contributed by atoms with E-state index in [9.17, 15) is 0 Å². The van der Waals surface area contributed by atoms with Crippen LogP contribution in [0.25, 0.3) is 12.2 Å². The van der Waals surface area contributed by atoms with Gasteiger partial charge in [0, 0.05) is 20.5 Å². The standard InChI is InChI=1S/C17H21NSi/c1-19(2,3)14-17-10-7-15(8-11-17)6-9-16-5-4-12-18-13-16/h4-13H,14H2,1-3H3/b9-6-. The average Bonchev–Trinajstić information content (AvgIpc) is 2.37. The highest BCUT2D eigenvalue weighted by atomic mass is 28.3. The number of nitrogens with zero attached hydrogens (tertiary/aromatic N) is 1. The maximum Gasteiger partial charge on any atom is 0.0487 e. The highest BCUT2D eigenvalue weighted by Gasteiger charge is 2.13. The van der Waals surface area contributed by atoms with Crippen LogP contribution in [0.3, 0.4) is 0 Å². The molecule has 2 rings (SSSR count).